The minimum atomic E-state index is -0.982. The summed E-state index contributed by atoms with van der Waals surface area (Å²) in [5.41, 5.74) is 5.44. The van der Waals surface area contributed by atoms with E-state index in [0.717, 1.165) is 0 Å². The molecule has 0 radical (unpaired) electrons. The highest BCUT2D eigenvalue weighted by Crippen LogP contribution is 2.20. The molecule has 4 N–H and O–H groups in total. The van der Waals surface area contributed by atoms with Gasteiger partial charge in [-0.3, -0.25) is 9.59 Å². The summed E-state index contributed by atoms with van der Waals surface area (Å²) in [7, 11) is 1.49. The molecule has 0 bridgehead atoms. The van der Waals surface area contributed by atoms with Gasteiger partial charge in [0, 0.05) is 11.2 Å². The molecular formula is C13H18N2O4. The SMILES string of the molecule is COc1ccc(N)c(C(=O)NC(C)(C)CC(=O)O)c1. The van der Waals surface area contributed by atoms with Gasteiger partial charge in [-0.25, -0.2) is 0 Å². The van der Waals surface area contributed by atoms with Gasteiger partial charge >= 0.3 is 5.97 Å². The largest absolute Gasteiger partial charge is 0.497 e. The second-order valence-electron chi connectivity index (χ2n) is 4.86. The van der Waals surface area contributed by atoms with Gasteiger partial charge in [0.05, 0.1) is 19.1 Å². The number of amides is 1. The lowest BCUT2D eigenvalue weighted by Crippen LogP contribution is -2.45. The first-order valence-corrected chi connectivity index (χ1v) is 5.73. The predicted octanol–water partition coefficient (Wildman–Crippen LogP) is 1.26. The number of carboxylic acids is 1. The summed E-state index contributed by atoms with van der Waals surface area (Å²) in [5.74, 6) is -0.901. The number of aliphatic carboxylic acids is 1. The fourth-order valence-electron chi connectivity index (χ4n) is 1.66. The molecule has 0 fully saturated rings. The van der Waals surface area contributed by atoms with Gasteiger partial charge in [0.2, 0.25) is 0 Å². The second-order valence-corrected chi connectivity index (χ2v) is 4.86. The number of rotatable bonds is 5. The van der Waals surface area contributed by atoms with Gasteiger partial charge in [-0.05, 0) is 32.0 Å². The summed E-state index contributed by atoms with van der Waals surface area (Å²) >= 11 is 0. The van der Waals surface area contributed by atoms with Crippen LogP contribution in [0.15, 0.2) is 18.2 Å². The average molecular weight is 266 g/mol. The Morgan fingerprint density at radius 3 is 2.58 bits per heavy atom. The zero-order chi connectivity index (χ0) is 14.6. The van der Waals surface area contributed by atoms with E-state index in [0.29, 0.717) is 11.4 Å². The third kappa shape index (κ3) is 4.17. The van der Waals surface area contributed by atoms with Gasteiger partial charge in [-0.2, -0.15) is 0 Å². The topological polar surface area (TPSA) is 102 Å². The average Bonchev–Trinajstić information content (AvgIpc) is 2.26. The van der Waals surface area contributed by atoms with Crippen molar-refractivity contribution in [3.63, 3.8) is 0 Å². The van der Waals surface area contributed by atoms with Crippen LogP contribution in [0.1, 0.15) is 30.6 Å². The van der Waals surface area contributed by atoms with Gasteiger partial charge < -0.3 is 20.9 Å². The van der Waals surface area contributed by atoms with Crippen LogP contribution in [0.2, 0.25) is 0 Å². The lowest BCUT2D eigenvalue weighted by atomic mass is 10.00. The quantitative estimate of drug-likeness (QED) is 0.696. The zero-order valence-corrected chi connectivity index (χ0v) is 11.2. The van der Waals surface area contributed by atoms with Crippen molar-refractivity contribution >= 4 is 17.6 Å². The Hall–Kier alpha value is -2.24. The first kappa shape index (κ1) is 14.8. The van der Waals surface area contributed by atoms with Gasteiger partial charge in [0.1, 0.15) is 5.75 Å². The number of nitrogens with one attached hydrogen (secondary N) is 1. The normalized spacial score (nSPS) is 10.9. The number of carbonyl (C=O) groups is 2. The van der Waals surface area contributed by atoms with E-state index < -0.39 is 17.4 Å². The van der Waals surface area contributed by atoms with Crippen LogP contribution in [-0.4, -0.2) is 29.6 Å². The van der Waals surface area contributed by atoms with Crippen LogP contribution in [0.5, 0.6) is 5.75 Å². The number of anilines is 1. The Bertz CT molecular complexity index is 497. The molecule has 0 aliphatic carbocycles. The number of nitrogen functional groups attached to an aromatic ring is 1. The maximum Gasteiger partial charge on any atom is 0.305 e. The fraction of sp³-hybridized carbons (Fsp3) is 0.385. The van der Waals surface area contributed by atoms with E-state index >= 15 is 0 Å². The molecule has 1 aromatic carbocycles. The summed E-state index contributed by atoms with van der Waals surface area (Å²) in [5, 5.41) is 11.4. The number of ether oxygens (including phenoxy) is 1. The first-order valence-electron chi connectivity index (χ1n) is 5.73. The van der Waals surface area contributed by atoms with Crippen molar-refractivity contribution in [3.05, 3.63) is 23.8 Å². The van der Waals surface area contributed by atoms with Crippen LogP contribution in [-0.2, 0) is 4.79 Å². The van der Waals surface area contributed by atoms with Crippen molar-refractivity contribution in [2.75, 3.05) is 12.8 Å². The Balaban J connectivity index is 2.92. The summed E-state index contributed by atoms with van der Waals surface area (Å²) in [6.45, 7) is 3.27. The highest BCUT2D eigenvalue weighted by atomic mass is 16.5. The number of carboxylic acid groups (broad SMARTS) is 1. The monoisotopic (exact) mass is 266 g/mol. The van der Waals surface area contributed by atoms with Crippen molar-refractivity contribution in [1.82, 2.24) is 5.32 Å². The molecule has 0 aromatic heterocycles. The maximum absolute atomic E-state index is 12.1. The van der Waals surface area contributed by atoms with Crippen LogP contribution in [0, 0.1) is 0 Å². The number of benzene rings is 1. The highest BCUT2D eigenvalue weighted by Gasteiger charge is 2.25. The molecular weight excluding hydrogens is 248 g/mol. The lowest BCUT2D eigenvalue weighted by Gasteiger charge is -2.24. The molecule has 0 atom stereocenters. The van der Waals surface area contributed by atoms with Gasteiger partial charge in [0.15, 0.2) is 0 Å². The number of hydrogen-bond donors (Lipinski definition) is 3. The van der Waals surface area contributed by atoms with Crippen molar-refractivity contribution in [2.24, 2.45) is 0 Å². The van der Waals surface area contributed by atoms with Crippen LogP contribution in [0.4, 0.5) is 5.69 Å². The molecule has 0 aliphatic heterocycles. The van der Waals surface area contributed by atoms with Crippen molar-refractivity contribution in [1.29, 1.82) is 0 Å². The third-order valence-corrected chi connectivity index (χ3v) is 2.55. The molecule has 0 spiro atoms. The van der Waals surface area contributed by atoms with Gasteiger partial charge in [-0.1, -0.05) is 0 Å². The number of hydrogen-bond acceptors (Lipinski definition) is 4. The molecule has 104 valence electrons. The third-order valence-electron chi connectivity index (χ3n) is 2.55. The first-order chi connectivity index (χ1) is 8.75. The molecule has 0 aliphatic rings. The minimum absolute atomic E-state index is 0.178. The fourth-order valence-corrected chi connectivity index (χ4v) is 1.66. The Morgan fingerprint density at radius 1 is 1.42 bits per heavy atom. The standard InChI is InChI=1S/C13H18N2O4/c1-13(2,7-11(16)17)15-12(18)9-6-8(19-3)4-5-10(9)14/h4-6H,7,14H2,1-3H3,(H,15,18)(H,16,17). The Morgan fingerprint density at radius 2 is 2.05 bits per heavy atom. The van der Waals surface area contributed by atoms with Crippen LogP contribution in [0.25, 0.3) is 0 Å². The molecule has 1 rings (SSSR count). The van der Waals surface area contributed by atoms with Gasteiger partial charge in [-0.15, -0.1) is 0 Å². The summed E-state index contributed by atoms with van der Waals surface area (Å²) in [4.78, 5) is 22.8. The molecule has 1 aromatic rings. The minimum Gasteiger partial charge on any atom is -0.497 e. The predicted molar refractivity (Wildman–Crippen MR) is 71.2 cm³/mol. The van der Waals surface area contributed by atoms with Crippen molar-refractivity contribution in [2.45, 2.75) is 25.8 Å². The van der Waals surface area contributed by atoms with Crippen molar-refractivity contribution < 1.29 is 19.4 Å². The van der Waals surface area contributed by atoms with E-state index in [-0.39, 0.29) is 12.0 Å². The summed E-state index contributed by atoms with van der Waals surface area (Å²) in [6.07, 6.45) is -0.178. The molecule has 0 saturated heterocycles. The van der Waals surface area contributed by atoms with E-state index in [1.165, 1.54) is 13.2 Å². The van der Waals surface area contributed by atoms with Crippen LogP contribution >= 0.6 is 0 Å². The van der Waals surface area contributed by atoms with E-state index in [1.807, 2.05) is 0 Å². The van der Waals surface area contributed by atoms with Gasteiger partial charge in [0.25, 0.3) is 5.91 Å². The molecule has 1 amide bonds. The Kier molecular flexibility index (Phi) is 4.37. The number of methoxy groups -OCH3 is 1. The van der Waals surface area contributed by atoms with Crippen LogP contribution in [0.3, 0.4) is 0 Å². The summed E-state index contributed by atoms with van der Waals surface area (Å²) in [6, 6.07) is 4.73. The molecule has 6 heteroatoms. The van der Waals surface area contributed by atoms with E-state index in [9.17, 15) is 9.59 Å². The van der Waals surface area contributed by atoms with E-state index in [2.05, 4.69) is 5.32 Å². The number of nitrogens with two attached hydrogens (primary N) is 1. The van der Waals surface area contributed by atoms with Crippen molar-refractivity contribution in [3.8, 4) is 5.75 Å². The zero-order valence-electron chi connectivity index (χ0n) is 11.2. The molecule has 19 heavy (non-hydrogen) atoms. The smallest absolute Gasteiger partial charge is 0.305 e. The summed E-state index contributed by atoms with van der Waals surface area (Å²) < 4.78 is 5.03. The lowest BCUT2D eigenvalue weighted by molar-refractivity contribution is -0.138. The second kappa shape index (κ2) is 5.60. The molecule has 0 unspecified atom stereocenters. The van der Waals surface area contributed by atoms with E-state index in [1.54, 1.807) is 26.0 Å². The highest BCUT2D eigenvalue weighted by molar-refractivity contribution is 6.00. The maximum atomic E-state index is 12.1. The van der Waals surface area contributed by atoms with E-state index in [4.69, 9.17) is 15.6 Å². The van der Waals surface area contributed by atoms with Crippen LogP contribution < -0.4 is 15.8 Å². The molecule has 0 heterocycles. The number of carbonyl (C=O) groups excluding carboxylic acids is 1. The molecule has 6 nitrogen and oxygen atoms in total. The molecule has 0 saturated carbocycles. The Labute approximate surface area is 111 Å².